The number of likely N-dealkylation sites (tertiary alicyclic amines) is 1. The van der Waals surface area contributed by atoms with Crippen LogP contribution < -0.4 is 14.8 Å². The number of carbonyl (C=O) groups is 2. The maximum absolute atomic E-state index is 12.4. The minimum Gasteiger partial charge on any atom is -0.454 e. The fraction of sp³-hybridized carbons (Fsp3) is 0.529. The monoisotopic (exact) mass is 318 g/mol. The Kier molecular flexibility index (Phi) is 4.41. The quantitative estimate of drug-likeness (QED) is 0.899. The van der Waals surface area contributed by atoms with Crippen molar-refractivity contribution in [3.8, 4) is 11.5 Å². The largest absolute Gasteiger partial charge is 0.454 e. The Morgan fingerprint density at radius 3 is 2.96 bits per heavy atom. The van der Waals surface area contributed by atoms with E-state index < -0.39 is 0 Å². The highest BCUT2D eigenvalue weighted by Crippen LogP contribution is 2.33. The normalized spacial score (nSPS) is 20.7. The summed E-state index contributed by atoms with van der Waals surface area (Å²) < 4.78 is 10.7. The van der Waals surface area contributed by atoms with Gasteiger partial charge in [0.25, 0.3) is 0 Å². The van der Waals surface area contributed by atoms with Gasteiger partial charge in [0.2, 0.25) is 18.6 Å². The molecule has 2 atom stereocenters. The lowest BCUT2D eigenvalue weighted by Crippen LogP contribution is -2.46. The van der Waals surface area contributed by atoms with Crippen molar-refractivity contribution in [2.75, 3.05) is 6.79 Å². The molecule has 0 aromatic heterocycles. The van der Waals surface area contributed by atoms with Crippen LogP contribution in [0, 0.1) is 0 Å². The molecule has 6 nitrogen and oxygen atoms in total. The highest BCUT2D eigenvalue weighted by atomic mass is 16.7. The van der Waals surface area contributed by atoms with Crippen molar-refractivity contribution >= 4 is 11.8 Å². The van der Waals surface area contributed by atoms with E-state index in [0.717, 1.165) is 12.0 Å². The maximum atomic E-state index is 12.4. The molecular weight excluding hydrogens is 296 g/mol. The van der Waals surface area contributed by atoms with Gasteiger partial charge < -0.3 is 19.7 Å². The fourth-order valence-electron chi connectivity index (χ4n) is 2.88. The van der Waals surface area contributed by atoms with Crippen molar-refractivity contribution in [1.29, 1.82) is 0 Å². The summed E-state index contributed by atoms with van der Waals surface area (Å²) in [6.07, 6.45) is 1.86. The van der Waals surface area contributed by atoms with Crippen molar-refractivity contribution in [3.05, 3.63) is 23.8 Å². The molecule has 1 saturated heterocycles. The predicted octanol–water partition coefficient (Wildman–Crippen LogP) is 1.82. The summed E-state index contributed by atoms with van der Waals surface area (Å²) in [4.78, 5) is 26.2. The van der Waals surface area contributed by atoms with Gasteiger partial charge in [-0.25, -0.2) is 0 Å². The Morgan fingerprint density at radius 2 is 2.17 bits per heavy atom. The third-order valence-electron chi connectivity index (χ3n) is 4.42. The van der Waals surface area contributed by atoms with E-state index in [0.29, 0.717) is 30.9 Å². The number of ether oxygens (including phenoxy) is 2. The first-order valence-electron chi connectivity index (χ1n) is 8.07. The summed E-state index contributed by atoms with van der Waals surface area (Å²) >= 11 is 0. The van der Waals surface area contributed by atoms with Gasteiger partial charge in [0, 0.05) is 19.0 Å². The van der Waals surface area contributed by atoms with E-state index in [1.807, 2.05) is 32.0 Å². The number of nitrogens with one attached hydrogen (secondary N) is 1. The summed E-state index contributed by atoms with van der Waals surface area (Å²) in [6.45, 7) is 4.63. The van der Waals surface area contributed by atoms with Crippen LogP contribution in [0.25, 0.3) is 0 Å². The molecule has 1 aromatic rings. The van der Waals surface area contributed by atoms with Crippen LogP contribution in [-0.2, 0) is 16.1 Å². The lowest BCUT2D eigenvalue weighted by atomic mass is 10.1. The summed E-state index contributed by atoms with van der Waals surface area (Å²) in [5.74, 6) is 1.36. The highest BCUT2D eigenvalue weighted by molar-refractivity contribution is 5.91. The molecule has 0 spiro atoms. The van der Waals surface area contributed by atoms with E-state index in [1.165, 1.54) is 0 Å². The molecular formula is C17H22N2O4. The van der Waals surface area contributed by atoms with Crippen molar-refractivity contribution in [3.63, 3.8) is 0 Å². The number of carbonyl (C=O) groups excluding carboxylic acids is 2. The standard InChI is InChI=1S/C17H22N2O4/c1-3-11(2)18-17(21)13-5-7-16(20)19(13)9-12-4-6-14-15(8-12)23-10-22-14/h4,6,8,11,13H,3,5,7,9-10H2,1-2H3,(H,18,21)/t11-,13+/m0/s1. The second kappa shape index (κ2) is 6.48. The van der Waals surface area contributed by atoms with Crippen LogP contribution in [0.2, 0.25) is 0 Å². The number of hydrogen-bond acceptors (Lipinski definition) is 4. The van der Waals surface area contributed by atoms with Crippen molar-refractivity contribution in [1.82, 2.24) is 10.2 Å². The lowest BCUT2D eigenvalue weighted by molar-refractivity contribution is -0.136. The second-order valence-corrected chi connectivity index (χ2v) is 6.08. The number of amides is 2. The molecule has 1 N–H and O–H groups in total. The molecule has 124 valence electrons. The Bertz CT molecular complexity index is 617. The molecule has 1 fully saturated rings. The molecule has 0 radical (unpaired) electrons. The van der Waals surface area contributed by atoms with Gasteiger partial charge in [-0.05, 0) is 37.5 Å². The molecule has 2 amide bonds. The lowest BCUT2D eigenvalue weighted by Gasteiger charge is -2.25. The first kappa shape index (κ1) is 15.6. The van der Waals surface area contributed by atoms with Crippen LogP contribution in [0.3, 0.4) is 0 Å². The molecule has 6 heteroatoms. The van der Waals surface area contributed by atoms with Crippen molar-refractivity contribution < 1.29 is 19.1 Å². The fourth-order valence-corrected chi connectivity index (χ4v) is 2.88. The zero-order valence-corrected chi connectivity index (χ0v) is 13.5. The average molecular weight is 318 g/mol. The zero-order valence-electron chi connectivity index (χ0n) is 13.5. The molecule has 0 unspecified atom stereocenters. The van der Waals surface area contributed by atoms with Crippen LogP contribution in [0.5, 0.6) is 11.5 Å². The molecule has 1 aromatic carbocycles. The first-order valence-corrected chi connectivity index (χ1v) is 8.07. The van der Waals surface area contributed by atoms with E-state index in [-0.39, 0.29) is 30.7 Å². The zero-order chi connectivity index (χ0) is 16.4. The number of benzene rings is 1. The van der Waals surface area contributed by atoms with Crippen LogP contribution in [-0.4, -0.2) is 35.6 Å². The third kappa shape index (κ3) is 3.25. The topological polar surface area (TPSA) is 67.9 Å². The summed E-state index contributed by atoms with van der Waals surface area (Å²) in [7, 11) is 0. The van der Waals surface area contributed by atoms with Crippen LogP contribution in [0.15, 0.2) is 18.2 Å². The first-order chi connectivity index (χ1) is 11.1. The molecule has 2 aliphatic heterocycles. The molecule has 2 heterocycles. The van der Waals surface area contributed by atoms with E-state index in [1.54, 1.807) is 4.90 Å². The van der Waals surface area contributed by atoms with Crippen LogP contribution >= 0.6 is 0 Å². The van der Waals surface area contributed by atoms with Crippen LogP contribution in [0.4, 0.5) is 0 Å². The third-order valence-corrected chi connectivity index (χ3v) is 4.42. The van der Waals surface area contributed by atoms with Gasteiger partial charge in [-0.3, -0.25) is 9.59 Å². The maximum Gasteiger partial charge on any atom is 0.243 e. The van der Waals surface area contributed by atoms with Gasteiger partial charge in [0.05, 0.1) is 0 Å². The van der Waals surface area contributed by atoms with Gasteiger partial charge in [-0.1, -0.05) is 13.0 Å². The average Bonchev–Trinajstić information content (AvgIpc) is 3.14. The molecule has 0 aliphatic carbocycles. The smallest absolute Gasteiger partial charge is 0.243 e. The number of fused-ring (bicyclic) bond motifs is 1. The SMILES string of the molecule is CC[C@H](C)NC(=O)[C@H]1CCC(=O)N1Cc1ccc2c(c1)OCO2. The van der Waals surface area contributed by atoms with Gasteiger partial charge in [0.1, 0.15) is 6.04 Å². The van der Waals surface area contributed by atoms with Gasteiger partial charge in [-0.2, -0.15) is 0 Å². The molecule has 2 aliphatic rings. The molecule has 3 rings (SSSR count). The molecule has 0 bridgehead atoms. The van der Waals surface area contributed by atoms with E-state index in [4.69, 9.17) is 9.47 Å². The van der Waals surface area contributed by atoms with Gasteiger partial charge in [0.15, 0.2) is 11.5 Å². The Hall–Kier alpha value is -2.24. The minimum absolute atomic E-state index is 0.0203. The number of nitrogens with zero attached hydrogens (tertiary/aromatic N) is 1. The second-order valence-electron chi connectivity index (χ2n) is 6.08. The summed E-state index contributed by atoms with van der Waals surface area (Å²) in [5, 5.41) is 2.97. The van der Waals surface area contributed by atoms with E-state index in [9.17, 15) is 9.59 Å². The Balaban J connectivity index is 1.71. The number of rotatable bonds is 5. The van der Waals surface area contributed by atoms with Gasteiger partial charge >= 0.3 is 0 Å². The Labute approximate surface area is 135 Å². The highest BCUT2D eigenvalue weighted by Gasteiger charge is 2.36. The summed E-state index contributed by atoms with van der Waals surface area (Å²) in [5.41, 5.74) is 0.936. The van der Waals surface area contributed by atoms with E-state index >= 15 is 0 Å². The Morgan fingerprint density at radius 1 is 1.39 bits per heavy atom. The van der Waals surface area contributed by atoms with Crippen LogP contribution in [0.1, 0.15) is 38.7 Å². The van der Waals surface area contributed by atoms with Crippen molar-refractivity contribution in [2.45, 2.75) is 51.7 Å². The van der Waals surface area contributed by atoms with Gasteiger partial charge in [-0.15, -0.1) is 0 Å². The summed E-state index contributed by atoms with van der Waals surface area (Å²) in [6, 6.07) is 5.35. The molecule has 0 saturated carbocycles. The predicted molar refractivity (Wildman–Crippen MR) is 84.0 cm³/mol. The number of hydrogen-bond donors (Lipinski definition) is 1. The molecule has 23 heavy (non-hydrogen) atoms. The van der Waals surface area contributed by atoms with Crippen molar-refractivity contribution in [2.24, 2.45) is 0 Å². The van der Waals surface area contributed by atoms with E-state index in [2.05, 4.69) is 5.32 Å². The minimum atomic E-state index is -0.387.